The third-order valence-corrected chi connectivity index (χ3v) is 8.83. The van der Waals surface area contributed by atoms with Crippen molar-refractivity contribution in [2.45, 2.75) is 0 Å². The number of aromatic amines is 1. The van der Waals surface area contributed by atoms with E-state index in [0.29, 0.717) is 0 Å². The Morgan fingerprint density at radius 3 is 1.82 bits per heavy atom. The lowest BCUT2D eigenvalue weighted by Gasteiger charge is -2.16. The average Bonchev–Trinajstić information content (AvgIpc) is 3.45. The van der Waals surface area contributed by atoms with Crippen molar-refractivity contribution >= 4 is 96.4 Å². The smallest absolute Gasteiger partial charge is 0.0477 e. The fourth-order valence-electron chi connectivity index (χ4n) is 6.40. The number of aromatic nitrogens is 1. The van der Waals surface area contributed by atoms with Gasteiger partial charge in [0.15, 0.2) is 0 Å². The van der Waals surface area contributed by atoms with Crippen molar-refractivity contribution in [3.63, 3.8) is 0 Å². The van der Waals surface area contributed by atoms with Crippen LogP contribution in [0, 0.1) is 0 Å². The second-order valence-corrected chi connectivity index (χ2v) is 10.5. The number of fused-ring (bicyclic) bond motifs is 10. The molecule has 2 heterocycles. The summed E-state index contributed by atoms with van der Waals surface area (Å²) in [6.45, 7) is 0. The topological polar surface area (TPSA) is 15.8 Å². The summed E-state index contributed by atoms with van der Waals surface area (Å²) in [5, 5.41) is 16.2. The highest BCUT2D eigenvalue weighted by molar-refractivity contribution is 7.26. The Labute approximate surface area is 198 Å². The molecule has 0 amide bonds. The quantitative estimate of drug-likeness (QED) is 0.176. The summed E-state index contributed by atoms with van der Waals surface area (Å²) >= 11 is 1.91. The molecule has 0 aliphatic heterocycles. The molecule has 0 aliphatic carbocycles. The van der Waals surface area contributed by atoms with E-state index in [0.717, 1.165) is 0 Å². The molecule has 0 aliphatic rings. The number of nitrogens with one attached hydrogen (secondary N) is 1. The molecule has 0 saturated heterocycles. The third-order valence-electron chi connectivity index (χ3n) is 7.71. The highest BCUT2D eigenvalue weighted by Gasteiger charge is 2.19. The number of thiophene rings is 1. The maximum atomic E-state index is 3.71. The summed E-state index contributed by atoms with van der Waals surface area (Å²) in [4.78, 5) is 3.71. The molecule has 0 atom stereocenters. The molecule has 0 unspecified atom stereocenters. The Morgan fingerprint density at radius 2 is 1.00 bits per heavy atom. The van der Waals surface area contributed by atoms with E-state index in [1.165, 1.54) is 85.1 Å². The van der Waals surface area contributed by atoms with Crippen molar-refractivity contribution in [3.05, 3.63) is 97.1 Å². The number of H-pyrrole nitrogens is 1. The highest BCUT2D eigenvalue weighted by Crippen LogP contribution is 2.48. The van der Waals surface area contributed by atoms with Crippen LogP contribution < -0.4 is 0 Å². The van der Waals surface area contributed by atoms with Crippen LogP contribution in [0.5, 0.6) is 0 Å². The second-order valence-electron chi connectivity index (χ2n) is 9.37. The number of hydrogen-bond acceptors (Lipinski definition) is 1. The normalized spacial score (nSPS) is 12.7. The number of benzene rings is 7. The predicted molar refractivity (Wildman–Crippen MR) is 150 cm³/mol. The monoisotopic (exact) mass is 447 g/mol. The van der Waals surface area contributed by atoms with Gasteiger partial charge in [-0.05, 0) is 67.4 Å². The number of rotatable bonds is 0. The molecule has 7 aromatic carbocycles. The van der Waals surface area contributed by atoms with Gasteiger partial charge >= 0.3 is 0 Å². The van der Waals surface area contributed by atoms with E-state index in [9.17, 15) is 0 Å². The lowest BCUT2D eigenvalue weighted by atomic mass is 9.87. The fraction of sp³-hybridized carbons (Fsp3) is 0. The maximum Gasteiger partial charge on any atom is 0.0477 e. The molecule has 1 N–H and O–H groups in total. The largest absolute Gasteiger partial charge is 0.354 e. The van der Waals surface area contributed by atoms with Crippen molar-refractivity contribution < 1.29 is 0 Å². The second kappa shape index (κ2) is 5.85. The maximum absolute atomic E-state index is 3.71. The van der Waals surface area contributed by atoms with Crippen LogP contribution in [0.2, 0.25) is 0 Å². The van der Waals surface area contributed by atoms with E-state index < -0.39 is 0 Å². The number of para-hydroxylation sites is 1. The van der Waals surface area contributed by atoms with Crippen molar-refractivity contribution in [1.82, 2.24) is 4.98 Å². The Kier molecular flexibility index (Phi) is 2.99. The molecule has 156 valence electrons. The van der Waals surface area contributed by atoms with E-state index in [1.54, 1.807) is 0 Å². The van der Waals surface area contributed by atoms with Crippen LogP contribution in [0.15, 0.2) is 97.1 Å². The fourth-order valence-corrected chi connectivity index (χ4v) is 7.56. The average molecular weight is 448 g/mol. The Balaban J connectivity index is 1.65. The molecule has 1 nitrogen and oxygen atoms in total. The van der Waals surface area contributed by atoms with E-state index in [2.05, 4.69) is 102 Å². The Morgan fingerprint density at radius 1 is 0.382 bits per heavy atom. The zero-order chi connectivity index (χ0) is 22.0. The molecule has 0 fully saturated rings. The SMILES string of the molecule is c1ccc2c(c1)[nH]c1cc3c4cc5sc6ccccc6c5c5cccc(c6cccc(c12)c63)c45. The Hall–Kier alpha value is -4.14. The third kappa shape index (κ3) is 1.94. The summed E-state index contributed by atoms with van der Waals surface area (Å²) in [7, 11) is 0. The van der Waals surface area contributed by atoms with Crippen LogP contribution in [-0.4, -0.2) is 4.98 Å². The van der Waals surface area contributed by atoms with E-state index in [-0.39, 0.29) is 0 Å². The van der Waals surface area contributed by atoms with Gasteiger partial charge in [-0.2, -0.15) is 0 Å². The lowest BCUT2D eigenvalue weighted by Crippen LogP contribution is -1.88. The van der Waals surface area contributed by atoms with Crippen molar-refractivity contribution in [1.29, 1.82) is 0 Å². The van der Waals surface area contributed by atoms with Gasteiger partial charge in [0, 0.05) is 42.0 Å². The summed E-state index contributed by atoms with van der Waals surface area (Å²) in [5.74, 6) is 0. The van der Waals surface area contributed by atoms with Crippen molar-refractivity contribution in [2.75, 3.05) is 0 Å². The van der Waals surface area contributed by atoms with Crippen LogP contribution in [0.4, 0.5) is 0 Å². The summed E-state index contributed by atoms with van der Waals surface area (Å²) < 4.78 is 2.72. The molecule has 0 bridgehead atoms. The molecule has 0 spiro atoms. The predicted octanol–water partition coefficient (Wildman–Crippen LogP) is 9.74. The van der Waals surface area contributed by atoms with Gasteiger partial charge in [-0.1, -0.05) is 72.8 Å². The van der Waals surface area contributed by atoms with Gasteiger partial charge in [0.05, 0.1) is 0 Å². The van der Waals surface area contributed by atoms with Gasteiger partial charge in [0.2, 0.25) is 0 Å². The van der Waals surface area contributed by atoms with E-state index in [1.807, 2.05) is 11.3 Å². The van der Waals surface area contributed by atoms with Gasteiger partial charge in [0.25, 0.3) is 0 Å². The van der Waals surface area contributed by atoms with Crippen molar-refractivity contribution in [2.24, 2.45) is 0 Å². The van der Waals surface area contributed by atoms with Gasteiger partial charge < -0.3 is 4.98 Å². The van der Waals surface area contributed by atoms with Gasteiger partial charge in [-0.3, -0.25) is 0 Å². The van der Waals surface area contributed by atoms with E-state index in [4.69, 9.17) is 0 Å². The first-order chi connectivity index (χ1) is 16.9. The molecule has 0 saturated carbocycles. The lowest BCUT2D eigenvalue weighted by molar-refractivity contribution is 1.56. The molecule has 9 aromatic rings. The molecule has 0 radical (unpaired) electrons. The van der Waals surface area contributed by atoms with Crippen molar-refractivity contribution in [3.8, 4) is 0 Å². The van der Waals surface area contributed by atoms with E-state index >= 15 is 0 Å². The molecule has 2 aromatic heterocycles. The van der Waals surface area contributed by atoms with Gasteiger partial charge in [-0.15, -0.1) is 11.3 Å². The molecular weight excluding hydrogens is 430 g/mol. The van der Waals surface area contributed by atoms with Gasteiger partial charge in [-0.25, -0.2) is 0 Å². The minimum absolute atomic E-state index is 1.20. The standard InChI is InChI=1S/C32H17NS/c1-3-13-25-19(7-1)31-21-11-5-9-17-18-10-6-12-22-30(18)24(23(29(17)21)15-26(31)33-25)16-28-32(22)20-8-2-4-14-27(20)34-28/h1-16,33H. The molecular formula is C32H17NS. The summed E-state index contributed by atoms with van der Waals surface area (Å²) in [6.07, 6.45) is 0. The number of hydrogen-bond donors (Lipinski definition) is 1. The first-order valence-corrected chi connectivity index (χ1v) is 12.5. The minimum Gasteiger partial charge on any atom is -0.354 e. The molecule has 9 rings (SSSR count). The minimum atomic E-state index is 1.20. The molecule has 34 heavy (non-hydrogen) atoms. The summed E-state index contributed by atoms with van der Waals surface area (Å²) in [5.41, 5.74) is 2.41. The zero-order valence-corrected chi connectivity index (χ0v) is 19.0. The van der Waals surface area contributed by atoms with Crippen LogP contribution in [0.3, 0.4) is 0 Å². The van der Waals surface area contributed by atoms with Crippen LogP contribution >= 0.6 is 11.3 Å². The van der Waals surface area contributed by atoms with Crippen LogP contribution in [0.25, 0.3) is 85.1 Å². The zero-order valence-electron chi connectivity index (χ0n) is 18.1. The first kappa shape index (κ1) is 17.4. The summed E-state index contributed by atoms with van der Waals surface area (Å²) in [6, 6.07) is 36.0. The van der Waals surface area contributed by atoms with Gasteiger partial charge in [0.1, 0.15) is 0 Å². The molecule has 2 heteroatoms. The Bertz CT molecular complexity index is 2120. The van der Waals surface area contributed by atoms with Crippen LogP contribution in [0.1, 0.15) is 0 Å². The van der Waals surface area contributed by atoms with Crippen LogP contribution in [-0.2, 0) is 0 Å². The first-order valence-electron chi connectivity index (χ1n) is 11.7. The highest BCUT2D eigenvalue weighted by atomic mass is 32.1.